The molecule has 2 heterocycles. The van der Waals surface area contributed by atoms with Crippen LogP contribution in [0, 0.1) is 0 Å². The van der Waals surface area contributed by atoms with Gasteiger partial charge in [-0.15, -0.1) is 0 Å². The van der Waals surface area contributed by atoms with Gasteiger partial charge in [-0.05, 0) is 23.6 Å². The number of nitrogens with zero attached hydrogens (tertiary/aromatic N) is 2. The molecule has 1 fully saturated rings. The van der Waals surface area contributed by atoms with Crippen LogP contribution in [0.4, 0.5) is 10.5 Å². The number of rotatable bonds is 4. The van der Waals surface area contributed by atoms with Crippen LogP contribution in [-0.2, 0) is 9.53 Å². The average Bonchev–Trinajstić information content (AvgIpc) is 3.21. The van der Waals surface area contributed by atoms with Crippen LogP contribution < -0.4 is 5.32 Å². The highest BCUT2D eigenvalue weighted by Crippen LogP contribution is 2.10. The van der Waals surface area contributed by atoms with Gasteiger partial charge >= 0.3 is 12.0 Å². The number of thiophene rings is 1. The molecule has 1 saturated heterocycles. The summed E-state index contributed by atoms with van der Waals surface area (Å²) in [6.07, 6.45) is 0. The Bertz CT molecular complexity index is 756. The quantitative estimate of drug-likeness (QED) is 0.834. The Balaban J connectivity index is 1.42. The fourth-order valence-corrected chi connectivity index (χ4v) is 3.19. The van der Waals surface area contributed by atoms with Crippen LogP contribution in [0.3, 0.4) is 0 Å². The van der Waals surface area contributed by atoms with Crippen LogP contribution in [0.15, 0.2) is 47.2 Å². The van der Waals surface area contributed by atoms with E-state index in [4.69, 9.17) is 4.74 Å². The molecule has 0 aliphatic carbocycles. The van der Waals surface area contributed by atoms with Crippen molar-refractivity contribution in [2.24, 2.45) is 0 Å². The van der Waals surface area contributed by atoms with E-state index in [1.165, 1.54) is 11.3 Å². The Hall–Kier alpha value is -2.87. The van der Waals surface area contributed by atoms with Gasteiger partial charge in [0.25, 0.3) is 5.91 Å². The van der Waals surface area contributed by atoms with Crippen molar-refractivity contribution in [1.29, 1.82) is 0 Å². The third kappa shape index (κ3) is 4.60. The number of carbonyl (C=O) groups is 3. The second-order valence-electron chi connectivity index (χ2n) is 5.75. The van der Waals surface area contributed by atoms with Gasteiger partial charge in [0.2, 0.25) is 0 Å². The van der Waals surface area contributed by atoms with E-state index in [-0.39, 0.29) is 18.5 Å². The molecule has 0 saturated carbocycles. The smallest absolute Gasteiger partial charge is 0.339 e. The molecule has 0 bridgehead atoms. The largest absolute Gasteiger partial charge is 0.452 e. The van der Waals surface area contributed by atoms with Gasteiger partial charge in [0.1, 0.15) is 0 Å². The molecule has 1 N–H and O–H groups in total. The minimum Gasteiger partial charge on any atom is -0.452 e. The van der Waals surface area contributed by atoms with Crippen LogP contribution in [0.5, 0.6) is 0 Å². The lowest BCUT2D eigenvalue weighted by Gasteiger charge is -2.34. The number of hydrogen-bond acceptors (Lipinski definition) is 5. The molecule has 26 heavy (non-hydrogen) atoms. The highest BCUT2D eigenvalue weighted by atomic mass is 32.1. The summed E-state index contributed by atoms with van der Waals surface area (Å²) in [5.41, 5.74) is 1.18. The van der Waals surface area contributed by atoms with Crippen molar-refractivity contribution < 1.29 is 19.1 Å². The summed E-state index contributed by atoms with van der Waals surface area (Å²) < 4.78 is 5.04. The molecule has 1 aliphatic heterocycles. The van der Waals surface area contributed by atoms with E-state index in [1.54, 1.807) is 26.6 Å². The van der Waals surface area contributed by atoms with Gasteiger partial charge in [0, 0.05) is 37.2 Å². The van der Waals surface area contributed by atoms with E-state index in [2.05, 4.69) is 5.32 Å². The monoisotopic (exact) mass is 373 g/mol. The first-order valence-corrected chi connectivity index (χ1v) is 9.16. The maximum Gasteiger partial charge on any atom is 0.339 e. The van der Waals surface area contributed by atoms with E-state index < -0.39 is 5.97 Å². The number of urea groups is 1. The fourth-order valence-electron chi connectivity index (χ4n) is 2.57. The zero-order chi connectivity index (χ0) is 18.4. The lowest BCUT2D eigenvalue weighted by Crippen LogP contribution is -2.52. The summed E-state index contributed by atoms with van der Waals surface area (Å²) in [6.45, 7) is 1.41. The maximum atomic E-state index is 12.2. The Morgan fingerprint density at radius 2 is 1.69 bits per heavy atom. The SMILES string of the molecule is O=C(OCC(=O)N1CCN(C(=O)Nc2ccccc2)CC1)c1ccsc1. The number of piperazine rings is 1. The molecule has 1 aromatic heterocycles. The molecular weight excluding hydrogens is 354 g/mol. The second kappa shape index (κ2) is 8.48. The van der Waals surface area contributed by atoms with Crippen molar-refractivity contribution in [2.75, 3.05) is 38.1 Å². The number of anilines is 1. The number of carbonyl (C=O) groups excluding carboxylic acids is 3. The number of ether oxygens (including phenoxy) is 1. The normalized spacial score (nSPS) is 14.0. The summed E-state index contributed by atoms with van der Waals surface area (Å²) in [6, 6.07) is 10.7. The summed E-state index contributed by atoms with van der Waals surface area (Å²) in [7, 11) is 0. The Kier molecular flexibility index (Phi) is 5.85. The molecular formula is C18H19N3O4S. The predicted molar refractivity (Wildman–Crippen MR) is 98.2 cm³/mol. The van der Waals surface area contributed by atoms with E-state index >= 15 is 0 Å². The lowest BCUT2D eigenvalue weighted by molar-refractivity contribution is -0.135. The molecule has 0 spiro atoms. The number of amides is 3. The van der Waals surface area contributed by atoms with E-state index in [9.17, 15) is 14.4 Å². The second-order valence-corrected chi connectivity index (χ2v) is 6.53. The minimum atomic E-state index is -0.500. The van der Waals surface area contributed by atoms with E-state index in [1.807, 2.05) is 30.3 Å². The zero-order valence-corrected chi connectivity index (χ0v) is 14.9. The standard InChI is InChI=1S/C18H19N3O4S/c22-16(12-25-17(23)14-6-11-26-13-14)20-7-9-21(10-8-20)18(24)19-15-4-2-1-3-5-15/h1-6,11,13H,7-10,12H2,(H,19,24). The zero-order valence-electron chi connectivity index (χ0n) is 14.1. The molecule has 1 aliphatic rings. The third-order valence-electron chi connectivity index (χ3n) is 4.03. The Morgan fingerprint density at radius 3 is 2.35 bits per heavy atom. The third-order valence-corrected chi connectivity index (χ3v) is 4.71. The molecule has 0 atom stereocenters. The van der Waals surface area contributed by atoms with Crippen molar-refractivity contribution >= 4 is 34.9 Å². The predicted octanol–water partition coefficient (Wildman–Crippen LogP) is 2.28. The number of hydrogen-bond donors (Lipinski definition) is 1. The van der Waals surface area contributed by atoms with Gasteiger partial charge in [-0.2, -0.15) is 11.3 Å². The van der Waals surface area contributed by atoms with Gasteiger partial charge < -0.3 is 19.9 Å². The molecule has 3 rings (SSSR count). The summed E-state index contributed by atoms with van der Waals surface area (Å²) in [4.78, 5) is 39.4. The number of benzene rings is 1. The average molecular weight is 373 g/mol. The molecule has 7 nitrogen and oxygen atoms in total. The first-order valence-electron chi connectivity index (χ1n) is 8.21. The number of esters is 1. The van der Waals surface area contributed by atoms with Gasteiger partial charge in [-0.3, -0.25) is 4.79 Å². The van der Waals surface area contributed by atoms with Crippen LogP contribution in [0.1, 0.15) is 10.4 Å². The Morgan fingerprint density at radius 1 is 1.00 bits per heavy atom. The van der Waals surface area contributed by atoms with Crippen molar-refractivity contribution in [3.05, 3.63) is 52.7 Å². The molecule has 1 aromatic carbocycles. The highest BCUT2D eigenvalue weighted by Gasteiger charge is 2.25. The van der Waals surface area contributed by atoms with Gasteiger partial charge in [-0.25, -0.2) is 9.59 Å². The minimum absolute atomic E-state index is 0.188. The molecule has 8 heteroatoms. The van der Waals surface area contributed by atoms with Gasteiger partial charge in [-0.1, -0.05) is 18.2 Å². The maximum absolute atomic E-state index is 12.2. The van der Waals surface area contributed by atoms with Crippen LogP contribution in [0.25, 0.3) is 0 Å². The molecule has 0 unspecified atom stereocenters. The number of nitrogens with one attached hydrogen (secondary N) is 1. The number of para-hydroxylation sites is 1. The highest BCUT2D eigenvalue weighted by molar-refractivity contribution is 7.08. The van der Waals surface area contributed by atoms with E-state index in [0.717, 1.165) is 5.69 Å². The topological polar surface area (TPSA) is 79.0 Å². The molecule has 136 valence electrons. The van der Waals surface area contributed by atoms with Crippen molar-refractivity contribution in [1.82, 2.24) is 9.80 Å². The van der Waals surface area contributed by atoms with Crippen LogP contribution in [0.2, 0.25) is 0 Å². The van der Waals surface area contributed by atoms with Crippen molar-refractivity contribution in [3.8, 4) is 0 Å². The molecule has 0 radical (unpaired) electrons. The van der Waals surface area contributed by atoms with Crippen molar-refractivity contribution in [2.45, 2.75) is 0 Å². The fraction of sp³-hybridized carbons (Fsp3) is 0.278. The summed E-state index contributed by atoms with van der Waals surface area (Å²) >= 11 is 1.39. The van der Waals surface area contributed by atoms with Gasteiger partial charge in [0.05, 0.1) is 5.56 Å². The van der Waals surface area contributed by atoms with Crippen molar-refractivity contribution in [3.63, 3.8) is 0 Å². The van der Waals surface area contributed by atoms with Crippen LogP contribution >= 0.6 is 11.3 Å². The molecule has 3 amide bonds. The first-order chi connectivity index (χ1) is 12.6. The van der Waals surface area contributed by atoms with E-state index in [0.29, 0.717) is 31.7 Å². The summed E-state index contributed by atoms with van der Waals surface area (Å²) in [5.74, 6) is -0.753. The lowest BCUT2D eigenvalue weighted by atomic mass is 10.3. The van der Waals surface area contributed by atoms with Crippen LogP contribution in [-0.4, -0.2) is 60.5 Å². The molecule has 2 aromatic rings. The summed E-state index contributed by atoms with van der Waals surface area (Å²) in [5, 5.41) is 6.28. The Labute approximate surface area is 155 Å². The van der Waals surface area contributed by atoms with Gasteiger partial charge in [0.15, 0.2) is 6.61 Å². The first kappa shape index (κ1) is 17.9.